The Hall–Kier alpha value is -2.79. The lowest BCUT2D eigenvalue weighted by Gasteiger charge is -2.39. The van der Waals surface area contributed by atoms with Crippen LogP contribution in [0, 0.1) is 17.8 Å². The summed E-state index contributed by atoms with van der Waals surface area (Å²) in [5, 5.41) is 2.79. The molecule has 4 aliphatic rings. The number of carbonyl (C=O) groups excluding carboxylic acids is 1. The molecule has 4 fully saturated rings. The summed E-state index contributed by atoms with van der Waals surface area (Å²) in [5.74, 6) is 1.98. The van der Waals surface area contributed by atoms with Gasteiger partial charge in [-0.25, -0.2) is 9.59 Å². The average molecular weight is 508 g/mol. The number of ether oxygens (including phenoxy) is 1. The lowest BCUT2D eigenvalue weighted by Crippen LogP contribution is -2.50. The van der Waals surface area contributed by atoms with Crippen LogP contribution in [0.1, 0.15) is 31.2 Å². The van der Waals surface area contributed by atoms with Crippen LogP contribution in [0.15, 0.2) is 41.3 Å². The van der Waals surface area contributed by atoms with Gasteiger partial charge in [-0.1, -0.05) is 12.1 Å². The van der Waals surface area contributed by atoms with E-state index in [1.165, 1.54) is 10.1 Å². The minimum absolute atomic E-state index is 0.0843. The number of urea groups is 1. The molecule has 1 aromatic carbocycles. The highest BCUT2D eigenvalue weighted by Crippen LogP contribution is 2.44. The lowest BCUT2D eigenvalue weighted by atomic mass is 9.85. The van der Waals surface area contributed by atoms with Crippen LogP contribution in [0.5, 0.6) is 0 Å². The van der Waals surface area contributed by atoms with E-state index in [-0.39, 0.29) is 24.0 Å². The number of fused-ring (bicyclic) bond motifs is 1. The van der Waals surface area contributed by atoms with Crippen LogP contribution < -0.4 is 22.5 Å². The smallest absolute Gasteiger partial charge is 0.354 e. The van der Waals surface area contributed by atoms with Crippen molar-refractivity contribution in [1.82, 2.24) is 19.4 Å². The second kappa shape index (κ2) is 10.2. The number of nitrogens with zero attached hydrogens (tertiary/aromatic N) is 4. The van der Waals surface area contributed by atoms with E-state index in [1.54, 1.807) is 17.2 Å². The van der Waals surface area contributed by atoms with Gasteiger partial charge in [-0.2, -0.15) is 4.98 Å². The van der Waals surface area contributed by atoms with Crippen molar-refractivity contribution in [2.75, 3.05) is 38.1 Å². The summed E-state index contributed by atoms with van der Waals surface area (Å²) in [7, 11) is 0. The average Bonchev–Trinajstić information content (AvgIpc) is 3.29. The second-order valence-electron chi connectivity index (χ2n) is 11.1. The molecule has 1 saturated carbocycles. The van der Waals surface area contributed by atoms with Gasteiger partial charge in [0.1, 0.15) is 5.82 Å². The van der Waals surface area contributed by atoms with E-state index in [9.17, 15) is 9.59 Å². The monoisotopic (exact) mass is 507 g/mol. The zero-order chi connectivity index (χ0) is 25.5. The number of piperidine rings is 2. The molecule has 3 saturated heterocycles. The summed E-state index contributed by atoms with van der Waals surface area (Å²) in [6.07, 6.45) is 5.50. The van der Waals surface area contributed by atoms with Gasteiger partial charge in [0, 0.05) is 57.6 Å². The van der Waals surface area contributed by atoms with Crippen molar-refractivity contribution in [2.24, 2.45) is 29.2 Å². The highest BCUT2D eigenvalue weighted by molar-refractivity contribution is 5.88. The fourth-order valence-corrected chi connectivity index (χ4v) is 6.41. The number of benzene rings is 1. The van der Waals surface area contributed by atoms with Gasteiger partial charge in [0.25, 0.3) is 0 Å². The molecule has 4 heterocycles. The number of amides is 2. The predicted molar refractivity (Wildman–Crippen MR) is 140 cm³/mol. The van der Waals surface area contributed by atoms with Crippen molar-refractivity contribution in [3.05, 3.63) is 52.6 Å². The Balaban J connectivity index is 1.02. The van der Waals surface area contributed by atoms with E-state index in [4.69, 9.17) is 16.2 Å². The van der Waals surface area contributed by atoms with Crippen molar-refractivity contribution in [3.8, 4) is 5.69 Å². The Bertz CT molecular complexity index is 1170. The molecular formula is C27H37N7O3. The van der Waals surface area contributed by atoms with Crippen molar-refractivity contribution < 1.29 is 9.53 Å². The first-order valence-corrected chi connectivity index (χ1v) is 13.6. The Labute approximate surface area is 217 Å². The number of anilines is 1. The molecular weight excluding hydrogens is 470 g/mol. The fourth-order valence-electron chi connectivity index (χ4n) is 6.41. The van der Waals surface area contributed by atoms with E-state index in [2.05, 4.69) is 27.3 Å². The molecule has 6 rings (SSSR count). The van der Waals surface area contributed by atoms with Crippen LogP contribution in [-0.2, 0) is 11.3 Å². The van der Waals surface area contributed by atoms with Gasteiger partial charge in [0.2, 0.25) is 0 Å². The fraction of sp³-hybridized carbons (Fsp3) is 0.593. The van der Waals surface area contributed by atoms with E-state index >= 15 is 0 Å². The van der Waals surface area contributed by atoms with Gasteiger partial charge in [0.15, 0.2) is 0 Å². The molecule has 2 amide bonds. The maximum atomic E-state index is 12.8. The number of aromatic nitrogens is 2. The molecule has 1 aliphatic carbocycles. The Morgan fingerprint density at radius 1 is 1.05 bits per heavy atom. The molecule has 10 nitrogen and oxygen atoms in total. The number of likely N-dealkylation sites (tertiary alicyclic amines) is 2. The molecule has 10 heteroatoms. The van der Waals surface area contributed by atoms with Gasteiger partial charge in [-0.05, 0) is 67.2 Å². The number of rotatable bonds is 5. The maximum absolute atomic E-state index is 12.8. The normalized spacial score (nSPS) is 30.2. The molecule has 3 unspecified atom stereocenters. The van der Waals surface area contributed by atoms with Gasteiger partial charge < -0.3 is 21.1 Å². The van der Waals surface area contributed by atoms with E-state index < -0.39 is 5.69 Å². The van der Waals surface area contributed by atoms with Gasteiger partial charge in [-0.15, -0.1) is 0 Å². The zero-order valence-electron chi connectivity index (χ0n) is 21.2. The van der Waals surface area contributed by atoms with Crippen LogP contribution in [0.4, 0.5) is 10.6 Å². The van der Waals surface area contributed by atoms with Gasteiger partial charge >= 0.3 is 11.7 Å². The Morgan fingerprint density at radius 2 is 1.78 bits per heavy atom. The molecule has 5 atom stereocenters. The van der Waals surface area contributed by atoms with Crippen molar-refractivity contribution in [3.63, 3.8) is 0 Å². The highest BCUT2D eigenvalue weighted by atomic mass is 16.5. The van der Waals surface area contributed by atoms with Crippen LogP contribution in [0.2, 0.25) is 0 Å². The SMILES string of the molecule is NC1CCCOC1C1CCN(C(=O)Nc2ccn(-c3ccc(CN4C[C@@H]5C(N)[C@@H]5C4)cc3)c(=O)n2)CC1. The number of hydrogen-bond acceptors (Lipinski definition) is 7. The van der Waals surface area contributed by atoms with E-state index in [0.29, 0.717) is 36.9 Å². The Kier molecular flexibility index (Phi) is 6.74. The summed E-state index contributed by atoms with van der Waals surface area (Å²) >= 11 is 0. The van der Waals surface area contributed by atoms with Crippen LogP contribution in [0.25, 0.3) is 5.69 Å². The van der Waals surface area contributed by atoms with Gasteiger partial charge in [0.05, 0.1) is 11.8 Å². The number of hydrogen-bond donors (Lipinski definition) is 3. The third-order valence-electron chi connectivity index (χ3n) is 8.70. The molecule has 0 radical (unpaired) electrons. The minimum Gasteiger partial charge on any atom is -0.376 e. The summed E-state index contributed by atoms with van der Waals surface area (Å²) in [6.45, 7) is 5.10. The molecule has 37 heavy (non-hydrogen) atoms. The van der Waals surface area contributed by atoms with Crippen LogP contribution >= 0.6 is 0 Å². The lowest BCUT2D eigenvalue weighted by molar-refractivity contribution is -0.0468. The maximum Gasteiger partial charge on any atom is 0.354 e. The number of nitrogens with two attached hydrogens (primary N) is 2. The molecule has 198 valence electrons. The predicted octanol–water partition coefficient (Wildman–Crippen LogP) is 1.37. The van der Waals surface area contributed by atoms with E-state index in [0.717, 1.165) is 57.6 Å². The first-order chi connectivity index (χ1) is 18.0. The molecule has 3 aliphatic heterocycles. The topological polar surface area (TPSA) is 132 Å². The highest BCUT2D eigenvalue weighted by Gasteiger charge is 2.53. The summed E-state index contributed by atoms with van der Waals surface area (Å²) in [6, 6.07) is 9.89. The Morgan fingerprint density at radius 3 is 2.46 bits per heavy atom. The third-order valence-corrected chi connectivity index (χ3v) is 8.70. The van der Waals surface area contributed by atoms with Crippen molar-refractivity contribution in [2.45, 2.75) is 50.4 Å². The van der Waals surface area contributed by atoms with Crippen LogP contribution in [0.3, 0.4) is 0 Å². The largest absolute Gasteiger partial charge is 0.376 e. The molecule has 2 aromatic rings. The summed E-state index contributed by atoms with van der Waals surface area (Å²) in [5.41, 5.74) is 13.8. The van der Waals surface area contributed by atoms with Gasteiger partial charge in [-0.3, -0.25) is 14.8 Å². The summed E-state index contributed by atoms with van der Waals surface area (Å²) < 4.78 is 7.42. The molecule has 1 aromatic heterocycles. The van der Waals surface area contributed by atoms with Crippen molar-refractivity contribution in [1.29, 1.82) is 0 Å². The first-order valence-electron chi connectivity index (χ1n) is 13.6. The first kappa shape index (κ1) is 24.5. The summed E-state index contributed by atoms with van der Waals surface area (Å²) in [4.78, 5) is 33.8. The van der Waals surface area contributed by atoms with Crippen molar-refractivity contribution >= 4 is 11.8 Å². The number of carbonyl (C=O) groups is 1. The third kappa shape index (κ3) is 5.16. The van der Waals surface area contributed by atoms with Crippen LogP contribution in [-0.4, -0.2) is 76.4 Å². The minimum atomic E-state index is -0.429. The number of nitrogens with one attached hydrogen (secondary N) is 1. The molecule has 0 spiro atoms. The molecule has 5 N–H and O–H groups in total. The molecule has 0 bridgehead atoms. The zero-order valence-corrected chi connectivity index (χ0v) is 21.2. The second-order valence-corrected chi connectivity index (χ2v) is 11.1. The quantitative estimate of drug-likeness (QED) is 0.557. The van der Waals surface area contributed by atoms with E-state index in [1.807, 2.05) is 12.1 Å². The standard InChI is InChI=1S/C27H37N7O3/c28-22-2-1-13-37-25(22)18-7-10-33(11-8-18)26(35)30-23-9-12-34(27(36)31-23)19-5-3-17(4-6-19)14-32-15-20-21(16-32)24(20)29/h3-6,9,12,18,20-22,24-25H,1-2,7-8,10-11,13-16,28-29H2,(H,30,31,35,36)/t20-,21+,22?,24?,25?.